The Kier molecular flexibility index (Phi) is 5.98. The van der Waals surface area contributed by atoms with Crippen LogP contribution in [0.3, 0.4) is 0 Å². The molecule has 1 aromatic carbocycles. The van der Waals surface area contributed by atoms with E-state index in [1.54, 1.807) is 0 Å². The van der Waals surface area contributed by atoms with Crippen LogP contribution in [-0.4, -0.2) is 30.4 Å². The van der Waals surface area contributed by atoms with E-state index in [0.717, 1.165) is 37.9 Å². The Morgan fingerprint density at radius 1 is 1.24 bits per heavy atom. The zero-order valence-corrected chi connectivity index (χ0v) is 15.4. The summed E-state index contributed by atoms with van der Waals surface area (Å²) >= 11 is 6.18. The minimum atomic E-state index is -0.831. The summed E-state index contributed by atoms with van der Waals surface area (Å²) in [5, 5.41) is 13.4. The lowest BCUT2D eigenvalue weighted by Crippen LogP contribution is -2.45. The molecule has 1 amide bonds. The normalized spacial score (nSPS) is 21.4. The monoisotopic (exact) mass is 359 g/mol. The average Bonchev–Trinajstić information content (AvgIpc) is 3.17. The van der Waals surface area contributed by atoms with Crippen molar-refractivity contribution in [1.29, 1.82) is 5.26 Å². The third-order valence-corrected chi connectivity index (χ3v) is 5.86. The number of carbonyl (C=O) groups excluding carboxylic acids is 1. The molecular weight excluding hydrogens is 334 g/mol. The summed E-state index contributed by atoms with van der Waals surface area (Å²) in [4.78, 5) is 15.2. The first-order chi connectivity index (χ1) is 12.1. The molecular formula is C20H26ClN3O. The standard InChI is InChI=1S/C20H26ClN3O/c21-17-8-6-7-16(13-17)18(24-11-4-5-12-24)14-23-19(25)20(15-22)9-2-1-3-10-20/h6-8,13,18H,1-5,9-12,14H2,(H,23,25). The van der Waals surface area contributed by atoms with Gasteiger partial charge in [0.25, 0.3) is 0 Å². The molecule has 25 heavy (non-hydrogen) atoms. The summed E-state index contributed by atoms with van der Waals surface area (Å²) in [6.45, 7) is 2.61. The van der Waals surface area contributed by atoms with Crippen molar-refractivity contribution in [3.05, 3.63) is 34.9 Å². The van der Waals surface area contributed by atoms with Gasteiger partial charge in [-0.2, -0.15) is 5.26 Å². The van der Waals surface area contributed by atoms with Crippen LogP contribution in [0, 0.1) is 16.7 Å². The van der Waals surface area contributed by atoms with Crippen molar-refractivity contribution < 1.29 is 4.79 Å². The van der Waals surface area contributed by atoms with Crippen LogP contribution in [0.4, 0.5) is 0 Å². The Labute approximate surface area is 155 Å². The van der Waals surface area contributed by atoms with Crippen LogP contribution in [0.1, 0.15) is 56.6 Å². The van der Waals surface area contributed by atoms with Gasteiger partial charge in [0.2, 0.25) is 5.91 Å². The molecule has 5 heteroatoms. The molecule has 0 spiro atoms. The number of nitrogens with one attached hydrogen (secondary N) is 1. The fourth-order valence-corrected chi connectivity index (χ4v) is 4.33. The van der Waals surface area contributed by atoms with Gasteiger partial charge in [-0.3, -0.25) is 9.69 Å². The number of likely N-dealkylation sites (tertiary alicyclic amines) is 1. The number of benzene rings is 1. The molecule has 1 aliphatic carbocycles. The van der Waals surface area contributed by atoms with Gasteiger partial charge in [0.1, 0.15) is 5.41 Å². The Bertz CT molecular complexity index is 643. The van der Waals surface area contributed by atoms with Gasteiger partial charge in [-0.25, -0.2) is 0 Å². The lowest BCUT2D eigenvalue weighted by molar-refractivity contribution is -0.129. The van der Waals surface area contributed by atoms with Crippen LogP contribution < -0.4 is 5.32 Å². The highest BCUT2D eigenvalue weighted by Gasteiger charge is 2.40. The predicted molar refractivity (Wildman–Crippen MR) is 99.1 cm³/mol. The third kappa shape index (κ3) is 4.16. The van der Waals surface area contributed by atoms with Crippen molar-refractivity contribution in [3.63, 3.8) is 0 Å². The zero-order chi connectivity index (χ0) is 17.7. The Morgan fingerprint density at radius 3 is 2.60 bits per heavy atom. The molecule has 0 aromatic heterocycles. The first-order valence-electron chi connectivity index (χ1n) is 9.34. The van der Waals surface area contributed by atoms with E-state index in [2.05, 4.69) is 22.4 Å². The zero-order valence-electron chi connectivity index (χ0n) is 14.6. The highest BCUT2D eigenvalue weighted by atomic mass is 35.5. The summed E-state index contributed by atoms with van der Waals surface area (Å²) in [7, 11) is 0. The molecule has 1 saturated carbocycles. The molecule has 1 unspecified atom stereocenters. The van der Waals surface area contributed by atoms with Gasteiger partial charge >= 0.3 is 0 Å². The molecule has 1 heterocycles. The maximum atomic E-state index is 12.8. The molecule has 1 aliphatic heterocycles. The Hall–Kier alpha value is -1.57. The van der Waals surface area contributed by atoms with Gasteiger partial charge in [-0.1, -0.05) is 43.0 Å². The van der Waals surface area contributed by atoms with E-state index in [0.29, 0.717) is 24.4 Å². The van der Waals surface area contributed by atoms with Crippen molar-refractivity contribution in [3.8, 4) is 6.07 Å². The molecule has 3 rings (SSSR count). The van der Waals surface area contributed by atoms with E-state index in [1.165, 1.54) is 12.8 Å². The van der Waals surface area contributed by atoms with Gasteiger partial charge in [0, 0.05) is 11.6 Å². The molecule has 4 nitrogen and oxygen atoms in total. The van der Waals surface area contributed by atoms with Crippen LogP contribution in [-0.2, 0) is 4.79 Å². The number of nitriles is 1. The number of carbonyl (C=O) groups is 1. The van der Waals surface area contributed by atoms with Crippen LogP contribution in [0.2, 0.25) is 5.02 Å². The first-order valence-corrected chi connectivity index (χ1v) is 9.71. The van der Waals surface area contributed by atoms with Crippen molar-refractivity contribution >= 4 is 17.5 Å². The van der Waals surface area contributed by atoms with Crippen LogP contribution in [0.5, 0.6) is 0 Å². The molecule has 1 atom stereocenters. The Balaban J connectivity index is 1.72. The highest BCUT2D eigenvalue weighted by Crippen LogP contribution is 2.36. The average molecular weight is 360 g/mol. The third-order valence-electron chi connectivity index (χ3n) is 5.63. The molecule has 1 aromatic rings. The highest BCUT2D eigenvalue weighted by molar-refractivity contribution is 6.30. The largest absolute Gasteiger partial charge is 0.353 e. The predicted octanol–water partition coefficient (Wildman–Crippen LogP) is 4.07. The van der Waals surface area contributed by atoms with Gasteiger partial charge < -0.3 is 5.32 Å². The van der Waals surface area contributed by atoms with E-state index in [9.17, 15) is 10.1 Å². The maximum Gasteiger partial charge on any atom is 0.240 e. The fourth-order valence-electron chi connectivity index (χ4n) is 4.13. The smallest absolute Gasteiger partial charge is 0.240 e. The minimum Gasteiger partial charge on any atom is -0.353 e. The number of nitrogens with zero attached hydrogens (tertiary/aromatic N) is 2. The van der Waals surface area contributed by atoms with Gasteiger partial charge in [0.05, 0.1) is 12.1 Å². The molecule has 0 radical (unpaired) electrons. The number of hydrogen-bond acceptors (Lipinski definition) is 3. The lowest BCUT2D eigenvalue weighted by atomic mass is 9.74. The number of halogens is 1. The van der Waals surface area contributed by atoms with Crippen LogP contribution in [0.15, 0.2) is 24.3 Å². The van der Waals surface area contributed by atoms with Crippen molar-refractivity contribution in [2.75, 3.05) is 19.6 Å². The second kappa shape index (κ2) is 8.21. The molecule has 1 saturated heterocycles. The molecule has 2 aliphatic rings. The second-order valence-electron chi connectivity index (χ2n) is 7.28. The quantitative estimate of drug-likeness (QED) is 0.862. The van der Waals surface area contributed by atoms with Crippen molar-refractivity contribution in [2.45, 2.75) is 51.0 Å². The fraction of sp³-hybridized carbons (Fsp3) is 0.600. The number of hydrogen-bond donors (Lipinski definition) is 1. The molecule has 1 N–H and O–H groups in total. The van der Waals surface area contributed by atoms with E-state index >= 15 is 0 Å². The van der Waals surface area contributed by atoms with Gasteiger partial charge in [0.15, 0.2) is 0 Å². The van der Waals surface area contributed by atoms with Crippen LogP contribution in [0.25, 0.3) is 0 Å². The van der Waals surface area contributed by atoms with Gasteiger partial charge in [-0.05, 0) is 56.5 Å². The first kappa shape index (κ1) is 18.2. The summed E-state index contributed by atoms with van der Waals surface area (Å²) in [5.41, 5.74) is 0.298. The van der Waals surface area contributed by atoms with Gasteiger partial charge in [-0.15, -0.1) is 0 Å². The van der Waals surface area contributed by atoms with E-state index in [1.807, 2.05) is 18.2 Å². The maximum absolute atomic E-state index is 12.8. The summed E-state index contributed by atoms with van der Waals surface area (Å²) in [6.07, 6.45) is 6.79. The van der Waals surface area contributed by atoms with E-state index < -0.39 is 5.41 Å². The topological polar surface area (TPSA) is 56.1 Å². The molecule has 0 bridgehead atoms. The number of amides is 1. The van der Waals surface area contributed by atoms with Crippen LogP contribution >= 0.6 is 11.6 Å². The summed E-state index contributed by atoms with van der Waals surface area (Å²) in [5.74, 6) is -0.0964. The minimum absolute atomic E-state index is 0.0964. The summed E-state index contributed by atoms with van der Waals surface area (Å²) < 4.78 is 0. The molecule has 2 fully saturated rings. The second-order valence-corrected chi connectivity index (χ2v) is 7.71. The SMILES string of the molecule is N#CC1(C(=O)NCC(c2cccc(Cl)c2)N2CCCC2)CCCCC1. The lowest BCUT2D eigenvalue weighted by Gasteiger charge is -2.32. The molecule has 134 valence electrons. The van der Waals surface area contributed by atoms with E-state index in [4.69, 9.17) is 11.6 Å². The summed E-state index contributed by atoms with van der Waals surface area (Å²) in [6, 6.07) is 10.3. The van der Waals surface area contributed by atoms with E-state index in [-0.39, 0.29) is 11.9 Å². The Morgan fingerprint density at radius 2 is 1.96 bits per heavy atom. The van der Waals surface area contributed by atoms with Crippen molar-refractivity contribution in [1.82, 2.24) is 10.2 Å². The number of rotatable bonds is 5. The van der Waals surface area contributed by atoms with Crippen molar-refractivity contribution in [2.24, 2.45) is 5.41 Å².